The van der Waals surface area contributed by atoms with Gasteiger partial charge in [-0.1, -0.05) is 22.9 Å². The summed E-state index contributed by atoms with van der Waals surface area (Å²) in [4.78, 5) is 5.27. The van der Waals surface area contributed by atoms with E-state index in [4.69, 9.17) is 0 Å². The van der Waals surface area contributed by atoms with Crippen molar-refractivity contribution >= 4 is 15.9 Å². The van der Waals surface area contributed by atoms with Crippen molar-refractivity contribution in [2.45, 2.75) is 26.2 Å². The predicted octanol–water partition coefficient (Wildman–Crippen LogP) is 2.19. The highest BCUT2D eigenvalue weighted by Crippen LogP contribution is 2.47. The van der Waals surface area contributed by atoms with Crippen LogP contribution in [0.2, 0.25) is 0 Å². The summed E-state index contributed by atoms with van der Waals surface area (Å²) in [5.41, 5.74) is 0.660. The molecule has 0 aromatic carbocycles. The molecule has 0 unspecified atom stereocenters. The molecule has 2 rings (SSSR count). The number of rotatable bonds is 5. The lowest BCUT2D eigenvalue weighted by molar-refractivity contribution is 0.117. The predicted molar refractivity (Wildman–Crippen MR) is 68.6 cm³/mol. The molecule has 2 fully saturated rings. The number of hydrogen-bond donors (Lipinski definition) is 0. The van der Waals surface area contributed by atoms with E-state index in [0.29, 0.717) is 5.41 Å². The fraction of sp³-hybridized carbons (Fsp3) is 1.00. The van der Waals surface area contributed by atoms with Crippen LogP contribution >= 0.6 is 15.9 Å². The first-order valence-corrected chi connectivity index (χ1v) is 7.41. The fourth-order valence-electron chi connectivity index (χ4n) is 2.47. The van der Waals surface area contributed by atoms with Gasteiger partial charge in [0.05, 0.1) is 0 Å². The molecule has 0 bridgehead atoms. The highest BCUT2D eigenvalue weighted by atomic mass is 79.9. The highest BCUT2D eigenvalue weighted by molar-refractivity contribution is 9.09. The van der Waals surface area contributed by atoms with Crippen LogP contribution in [0.4, 0.5) is 0 Å². The molecule has 2 nitrogen and oxygen atoms in total. The third-order valence-corrected chi connectivity index (χ3v) is 4.99. The highest BCUT2D eigenvalue weighted by Gasteiger charge is 2.42. The van der Waals surface area contributed by atoms with E-state index in [2.05, 4.69) is 32.7 Å². The van der Waals surface area contributed by atoms with E-state index in [-0.39, 0.29) is 0 Å². The van der Waals surface area contributed by atoms with Gasteiger partial charge in [0.15, 0.2) is 0 Å². The first-order valence-electron chi connectivity index (χ1n) is 6.29. The fourth-order valence-corrected chi connectivity index (χ4v) is 3.21. The number of piperazine rings is 1. The molecule has 0 atom stereocenters. The topological polar surface area (TPSA) is 6.48 Å². The average molecular weight is 275 g/mol. The van der Waals surface area contributed by atoms with Gasteiger partial charge in [-0.2, -0.15) is 0 Å². The third-order valence-electron chi connectivity index (χ3n) is 3.80. The van der Waals surface area contributed by atoms with Crippen LogP contribution in [0, 0.1) is 5.41 Å². The van der Waals surface area contributed by atoms with Crippen LogP contribution in [0.15, 0.2) is 0 Å². The Balaban J connectivity index is 1.69. The maximum absolute atomic E-state index is 3.66. The van der Waals surface area contributed by atoms with E-state index < -0.39 is 0 Å². The zero-order chi connectivity index (χ0) is 10.7. The van der Waals surface area contributed by atoms with Gasteiger partial charge in [-0.15, -0.1) is 0 Å². The first kappa shape index (κ1) is 11.9. The molecule has 0 aromatic heterocycles. The minimum atomic E-state index is 0.660. The summed E-state index contributed by atoms with van der Waals surface area (Å²) in [6, 6.07) is 0. The smallest absolute Gasteiger partial charge is 0.0110 e. The van der Waals surface area contributed by atoms with Gasteiger partial charge in [0.2, 0.25) is 0 Å². The molecule has 15 heavy (non-hydrogen) atoms. The molecule has 88 valence electrons. The van der Waals surface area contributed by atoms with Gasteiger partial charge in [0, 0.05) is 38.1 Å². The molecule has 1 aliphatic heterocycles. The summed E-state index contributed by atoms with van der Waals surface area (Å²) in [5.74, 6) is 0. The minimum Gasteiger partial charge on any atom is -0.301 e. The molecule has 0 N–H and O–H groups in total. The second kappa shape index (κ2) is 5.15. The lowest BCUT2D eigenvalue weighted by Gasteiger charge is -2.36. The average Bonchev–Trinajstić information content (AvgIpc) is 3.02. The maximum atomic E-state index is 3.66. The van der Waals surface area contributed by atoms with Gasteiger partial charge in [-0.05, 0) is 31.2 Å². The summed E-state index contributed by atoms with van der Waals surface area (Å²) < 4.78 is 0. The van der Waals surface area contributed by atoms with Crippen LogP contribution in [0.5, 0.6) is 0 Å². The maximum Gasteiger partial charge on any atom is 0.0110 e. The molecule has 0 amide bonds. The van der Waals surface area contributed by atoms with Crippen LogP contribution in [0.3, 0.4) is 0 Å². The molecular formula is C12H23BrN2. The van der Waals surface area contributed by atoms with Gasteiger partial charge in [0.1, 0.15) is 0 Å². The van der Waals surface area contributed by atoms with Crippen LogP contribution in [0.1, 0.15) is 26.2 Å². The van der Waals surface area contributed by atoms with E-state index in [1.807, 2.05) is 0 Å². The van der Waals surface area contributed by atoms with Crippen molar-refractivity contribution in [2.24, 2.45) is 5.41 Å². The van der Waals surface area contributed by atoms with Crippen LogP contribution in [-0.2, 0) is 0 Å². The monoisotopic (exact) mass is 274 g/mol. The van der Waals surface area contributed by atoms with Crippen molar-refractivity contribution in [1.82, 2.24) is 9.80 Å². The van der Waals surface area contributed by atoms with E-state index in [1.165, 1.54) is 63.9 Å². The Morgan fingerprint density at radius 2 is 1.67 bits per heavy atom. The zero-order valence-corrected chi connectivity index (χ0v) is 11.4. The Hall–Kier alpha value is 0.400. The van der Waals surface area contributed by atoms with Gasteiger partial charge in [0.25, 0.3) is 0 Å². The second-order valence-corrected chi connectivity index (χ2v) is 5.81. The van der Waals surface area contributed by atoms with Crippen LogP contribution < -0.4 is 0 Å². The van der Waals surface area contributed by atoms with Gasteiger partial charge >= 0.3 is 0 Å². The summed E-state index contributed by atoms with van der Waals surface area (Å²) in [6.07, 6.45) is 4.17. The SMILES string of the molecule is CCCN1CCN(CC2(CBr)CC2)CC1. The Labute approximate surface area is 102 Å². The normalized spacial score (nSPS) is 26.8. The molecule has 2 aliphatic rings. The largest absolute Gasteiger partial charge is 0.301 e. The lowest BCUT2D eigenvalue weighted by Crippen LogP contribution is -2.48. The van der Waals surface area contributed by atoms with Crippen molar-refractivity contribution in [3.63, 3.8) is 0 Å². The number of alkyl halides is 1. The lowest BCUT2D eigenvalue weighted by atomic mass is 10.1. The van der Waals surface area contributed by atoms with E-state index in [9.17, 15) is 0 Å². The molecule has 0 aromatic rings. The standard InChI is InChI=1S/C12H23BrN2/c1-2-5-14-6-8-15(9-7-14)11-12(10-13)3-4-12/h2-11H2,1H3. The number of nitrogens with zero attached hydrogens (tertiary/aromatic N) is 2. The Bertz CT molecular complexity index is 196. The number of halogens is 1. The summed E-state index contributed by atoms with van der Waals surface area (Å²) >= 11 is 3.66. The Morgan fingerprint density at radius 1 is 1.07 bits per heavy atom. The molecule has 0 radical (unpaired) electrons. The van der Waals surface area contributed by atoms with Gasteiger partial charge in [-0.3, -0.25) is 0 Å². The van der Waals surface area contributed by atoms with Crippen molar-refractivity contribution in [2.75, 3.05) is 44.6 Å². The molecule has 1 heterocycles. The van der Waals surface area contributed by atoms with Crippen LogP contribution in [-0.4, -0.2) is 54.4 Å². The molecular weight excluding hydrogens is 252 g/mol. The molecule has 1 saturated carbocycles. The summed E-state index contributed by atoms with van der Waals surface area (Å²) in [6.45, 7) is 10.0. The quantitative estimate of drug-likeness (QED) is 0.710. The number of hydrogen-bond acceptors (Lipinski definition) is 2. The summed E-state index contributed by atoms with van der Waals surface area (Å²) in [5, 5.41) is 1.20. The molecule has 0 spiro atoms. The molecule has 1 saturated heterocycles. The van der Waals surface area contributed by atoms with Crippen molar-refractivity contribution < 1.29 is 0 Å². The second-order valence-electron chi connectivity index (χ2n) is 5.25. The van der Waals surface area contributed by atoms with Crippen molar-refractivity contribution in [3.05, 3.63) is 0 Å². The third kappa shape index (κ3) is 3.18. The Kier molecular flexibility index (Phi) is 4.08. The molecule has 3 heteroatoms. The zero-order valence-electron chi connectivity index (χ0n) is 9.84. The molecule has 1 aliphatic carbocycles. The van der Waals surface area contributed by atoms with E-state index >= 15 is 0 Å². The van der Waals surface area contributed by atoms with Gasteiger partial charge < -0.3 is 9.80 Å². The van der Waals surface area contributed by atoms with E-state index in [1.54, 1.807) is 0 Å². The van der Waals surface area contributed by atoms with E-state index in [0.717, 1.165) is 0 Å². The minimum absolute atomic E-state index is 0.660. The first-order chi connectivity index (χ1) is 7.28. The van der Waals surface area contributed by atoms with Crippen molar-refractivity contribution in [1.29, 1.82) is 0 Å². The van der Waals surface area contributed by atoms with Crippen LogP contribution in [0.25, 0.3) is 0 Å². The van der Waals surface area contributed by atoms with Gasteiger partial charge in [-0.25, -0.2) is 0 Å². The van der Waals surface area contributed by atoms with Crippen molar-refractivity contribution in [3.8, 4) is 0 Å². The summed E-state index contributed by atoms with van der Waals surface area (Å²) in [7, 11) is 0. The Morgan fingerprint density at radius 3 is 2.13 bits per heavy atom.